The molecule has 0 saturated heterocycles. The molecule has 1 aromatic carbocycles. The minimum Gasteiger partial charge on any atom is -0.382 e. The predicted octanol–water partition coefficient (Wildman–Crippen LogP) is 2.02. The number of hydrogen-bond donors (Lipinski definition) is 3. The molecule has 3 rings (SSSR count). The fraction of sp³-hybridized carbons (Fsp3) is 0.308. The Kier molecular flexibility index (Phi) is 2.68. The molecule has 0 radical (unpaired) electrons. The molecule has 0 aliphatic carbocycles. The number of benzene rings is 1. The molecule has 1 atom stereocenters. The van der Waals surface area contributed by atoms with Crippen molar-refractivity contribution in [2.75, 3.05) is 29.6 Å². The maximum Gasteiger partial charge on any atom is 0.149 e. The van der Waals surface area contributed by atoms with Crippen LogP contribution in [0.4, 0.5) is 17.2 Å². The molecule has 1 aromatic heterocycles. The molecular formula is C13H16N4O. The lowest BCUT2D eigenvalue weighted by Crippen LogP contribution is -2.28. The summed E-state index contributed by atoms with van der Waals surface area (Å²) in [4.78, 5) is 4.40. The number of rotatable bonds is 3. The van der Waals surface area contributed by atoms with Gasteiger partial charge in [0, 0.05) is 12.0 Å². The highest BCUT2D eigenvalue weighted by Crippen LogP contribution is 2.38. The molecule has 4 N–H and O–H groups in total. The summed E-state index contributed by atoms with van der Waals surface area (Å²) in [6.07, 6.45) is 0.0508. The molecule has 2 heterocycles. The molecule has 1 unspecified atom stereocenters. The van der Waals surface area contributed by atoms with Gasteiger partial charge < -0.3 is 21.1 Å². The monoisotopic (exact) mass is 244 g/mol. The van der Waals surface area contributed by atoms with E-state index in [4.69, 9.17) is 10.5 Å². The van der Waals surface area contributed by atoms with Crippen LogP contribution in [-0.4, -0.2) is 24.4 Å². The van der Waals surface area contributed by atoms with E-state index in [0.717, 1.165) is 22.3 Å². The van der Waals surface area contributed by atoms with Gasteiger partial charge in [0.15, 0.2) is 0 Å². The van der Waals surface area contributed by atoms with Crippen LogP contribution in [0.3, 0.4) is 0 Å². The quantitative estimate of drug-likeness (QED) is 0.770. The van der Waals surface area contributed by atoms with Crippen molar-refractivity contribution in [2.45, 2.75) is 13.1 Å². The topological polar surface area (TPSA) is 72.2 Å². The van der Waals surface area contributed by atoms with Crippen LogP contribution in [-0.2, 0) is 4.74 Å². The molecule has 0 spiro atoms. The number of nitrogens with zero attached hydrogens (tertiary/aromatic N) is 1. The Hall–Kier alpha value is -2.01. The molecule has 5 heteroatoms. The van der Waals surface area contributed by atoms with Crippen molar-refractivity contribution in [3.05, 3.63) is 24.3 Å². The number of nitrogens with one attached hydrogen (secondary N) is 2. The van der Waals surface area contributed by atoms with Gasteiger partial charge in [0.2, 0.25) is 0 Å². The van der Waals surface area contributed by atoms with Crippen LogP contribution in [0.15, 0.2) is 24.3 Å². The van der Waals surface area contributed by atoms with Crippen LogP contribution in [0.25, 0.3) is 10.9 Å². The van der Waals surface area contributed by atoms with Gasteiger partial charge in [-0.15, -0.1) is 0 Å². The normalized spacial score (nSPS) is 17.3. The average Bonchev–Trinajstić information content (AvgIpc) is 2.81. The molecule has 1 aliphatic rings. The van der Waals surface area contributed by atoms with Crippen LogP contribution >= 0.6 is 0 Å². The lowest BCUT2D eigenvalue weighted by Gasteiger charge is -2.11. The first kappa shape index (κ1) is 11.1. The number of nitrogen functional groups attached to an aromatic ring is 1. The van der Waals surface area contributed by atoms with E-state index in [1.54, 1.807) is 0 Å². The first-order chi connectivity index (χ1) is 8.79. The number of para-hydroxylation sites is 1. The molecule has 5 nitrogen and oxygen atoms in total. The number of aromatic nitrogens is 1. The van der Waals surface area contributed by atoms with E-state index in [-0.39, 0.29) is 6.17 Å². The van der Waals surface area contributed by atoms with Crippen molar-refractivity contribution in [2.24, 2.45) is 0 Å². The number of anilines is 3. The van der Waals surface area contributed by atoms with Gasteiger partial charge in [-0.1, -0.05) is 18.2 Å². The fourth-order valence-corrected chi connectivity index (χ4v) is 2.23. The summed E-state index contributed by atoms with van der Waals surface area (Å²) in [6, 6.07) is 7.96. The lowest BCUT2D eigenvalue weighted by atomic mass is 10.1. The van der Waals surface area contributed by atoms with Crippen LogP contribution in [0.2, 0.25) is 0 Å². The number of nitrogens with two attached hydrogens (primary N) is 1. The van der Waals surface area contributed by atoms with Crippen LogP contribution < -0.4 is 16.4 Å². The van der Waals surface area contributed by atoms with Crippen LogP contribution in [0.5, 0.6) is 0 Å². The highest BCUT2D eigenvalue weighted by molar-refractivity contribution is 6.03. The first-order valence-electron chi connectivity index (χ1n) is 6.08. The van der Waals surface area contributed by atoms with E-state index >= 15 is 0 Å². The van der Waals surface area contributed by atoms with E-state index < -0.39 is 0 Å². The molecule has 1 aliphatic heterocycles. The summed E-state index contributed by atoms with van der Waals surface area (Å²) in [6.45, 7) is 3.27. The van der Waals surface area contributed by atoms with Crippen LogP contribution in [0, 0.1) is 0 Å². The van der Waals surface area contributed by atoms with E-state index in [9.17, 15) is 0 Å². The standard InChI is InChI=1S/C13H16N4O/c1-2-18-7-10-16-11-8-5-3-4-6-9(8)15-13(14)12(11)17-10/h3-6,10,16-17H,2,7H2,1H3,(H2,14,15). The van der Waals surface area contributed by atoms with Gasteiger partial charge >= 0.3 is 0 Å². The minimum absolute atomic E-state index is 0.0508. The molecule has 0 amide bonds. The Morgan fingerprint density at radius 3 is 2.89 bits per heavy atom. The van der Waals surface area contributed by atoms with E-state index in [2.05, 4.69) is 15.6 Å². The number of fused-ring (bicyclic) bond motifs is 3. The van der Waals surface area contributed by atoms with Crippen molar-refractivity contribution in [1.29, 1.82) is 0 Å². The second-order valence-electron chi connectivity index (χ2n) is 4.26. The Morgan fingerprint density at radius 1 is 1.28 bits per heavy atom. The molecule has 94 valence electrons. The molecular weight excluding hydrogens is 228 g/mol. The molecule has 0 fully saturated rings. The highest BCUT2D eigenvalue weighted by atomic mass is 16.5. The van der Waals surface area contributed by atoms with Gasteiger partial charge in [-0.3, -0.25) is 0 Å². The Bertz CT molecular complexity index is 584. The molecule has 18 heavy (non-hydrogen) atoms. The van der Waals surface area contributed by atoms with Crippen molar-refractivity contribution in [3.63, 3.8) is 0 Å². The largest absolute Gasteiger partial charge is 0.382 e. The van der Waals surface area contributed by atoms with Gasteiger partial charge in [-0.05, 0) is 13.0 Å². The second-order valence-corrected chi connectivity index (χ2v) is 4.26. The SMILES string of the molecule is CCOCC1Nc2c(N)nc3ccccc3c2N1. The first-order valence-corrected chi connectivity index (χ1v) is 6.08. The lowest BCUT2D eigenvalue weighted by molar-refractivity contribution is 0.144. The molecule has 2 aromatic rings. The van der Waals surface area contributed by atoms with Crippen molar-refractivity contribution in [3.8, 4) is 0 Å². The van der Waals surface area contributed by atoms with Crippen molar-refractivity contribution >= 4 is 28.1 Å². The summed E-state index contributed by atoms with van der Waals surface area (Å²) < 4.78 is 5.41. The molecule has 0 bridgehead atoms. The third kappa shape index (κ3) is 1.73. The summed E-state index contributed by atoms with van der Waals surface area (Å²) in [5.41, 5.74) is 8.77. The fourth-order valence-electron chi connectivity index (χ4n) is 2.23. The maximum atomic E-state index is 5.97. The molecule has 0 saturated carbocycles. The third-order valence-electron chi connectivity index (χ3n) is 3.05. The van der Waals surface area contributed by atoms with E-state index in [1.165, 1.54) is 0 Å². The number of pyridine rings is 1. The van der Waals surface area contributed by atoms with Crippen LogP contribution in [0.1, 0.15) is 6.92 Å². The maximum absolute atomic E-state index is 5.97. The van der Waals surface area contributed by atoms with Crippen molar-refractivity contribution < 1.29 is 4.74 Å². The summed E-state index contributed by atoms with van der Waals surface area (Å²) >= 11 is 0. The predicted molar refractivity (Wildman–Crippen MR) is 73.7 cm³/mol. The van der Waals surface area contributed by atoms with Gasteiger partial charge in [0.05, 0.1) is 17.8 Å². The Labute approximate surface area is 105 Å². The summed E-state index contributed by atoms with van der Waals surface area (Å²) in [5.74, 6) is 0.523. The highest BCUT2D eigenvalue weighted by Gasteiger charge is 2.24. The van der Waals surface area contributed by atoms with Gasteiger partial charge in [0.25, 0.3) is 0 Å². The summed E-state index contributed by atoms with van der Waals surface area (Å²) in [7, 11) is 0. The zero-order chi connectivity index (χ0) is 12.5. The van der Waals surface area contributed by atoms with Gasteiger partial charge in [0.1, 0.15) is 17.7 Å². The van der Waals surface area contributed by atoms with E-state index in [1.807, 2.05) is 31.2 Å². The smallest absolute Gasteiger partial charge is 0.149 e. The number of hydrogen-bond acceptors (Lipinski definition) is 5. The van der Waals surface area contributed by atoms with Crippen molar-refractivity contribution in [1.82, 2.24) is 4.98 Å². The zero-order valence-electron chi connectivity index (χ0n) is 10.2. The Balaban J connectivity index is 2.01. The van der Waals surface area contributed by atoms with Gasteiger partial charge in [-0.2, -0.15) is 0 Å². The van der Waals surface area contributed by atoms with E-state index in [0.29, 0.717) is 19.0 Å². The Morgan fingerprint density at radius 2 is 2.06 bits per heavy atom. The third-order valence-corrected chi connectivity index (χ3v) is 3.05. The van der Waals surface area contributed by atoms with Gasteiger partial charge in [-0.25, -0.2) is 4.98 Å². The second kappa shape index (κ2) is 4.34. The average molecular weight is 244 g/mol. The number of ether oxygens (including phenoxy) is 1. The summed E-state index contributed by atoms with van der Waals surface area (Å²) in [5, 5.41) is 7.78. The zero-order valence-corrected chi connectivity index (χ0v) is 10.2. The minimum atomic E-state index is 0.0508.